The second-order valence-electron chi connectivity index (χ2n) is 6.56. The average Bonchev–Trinajstić information content (AvgIpc) is 3.21. The lowest BCUT2D eigenvalue weighted by Crippen LogP contribution is -2.36. The Labute approximate surface area is 153 Å². The third-order valence-electron chi connectivity index (χ3n) is 4.77. The minimum atomic E-state index is -3.59. The summed E-state index contributed by atoms with van der Waals surface area (Å²) >= 11 is 5.88. The van der Waals surface area contributed by atoms with Gasteiger partial charge in [-0.3, -0.25) is 0 Å². The van der Waals surface area contributed by atoms with Gasteiger partial charge in [-0.05, 0) is 43.7 Å². The third kappa shape index (κ3) is 3.34. The maximum Gasteiger partial charge on any atom is 0.183 e. The van der Waals surface area contributed by atoms with E-state index in [1.807, 2.05) is 38.1 Å². The standard InChI is InChI=1S/C19H22ClNO3S/c1-3-24-12-19(21)17(14-6-4-13(2)5-7-14)18(19)25(22,23)16-10-8-15(20)9-11-16/h4-11,17-18H,3,12,21H2,1-2H3/t17-,18-,19+/m1/s1. The van der Waals surface area contributed by atoms with E-state index in [0.717, 1.165) is 11.1 Å². The molecule has 1 aliphatic rings. The molecule has 134 valence electrons. The van der Waals surface area contributed by atoms with Gasteiger partial charge in [0, 0.05) is 17.5 Å². The molecule has 2 N–H and O–H groups in total. The topological polar surface area (TPSA) is 69.4 Å². The summed E-state index contributed by atoms with van der Waals surface area (Å²) in [6.07, 6.45) is 0. The van der Waals surface area contributed by atoms with Gasteiger partial charge in [0.15, 0.2) is 9.84 Å². The molecule has 3 rings (SSSR count). The lowest BCUT2D eigenvalue weighted by atomic mass is 10.1. The molecule has 0 spiro atoms. The molecule has 2 aromatic rings. The highest BCUT2D eigenvalue weighted by Crippen LogP contribution is 2.55. The molecule has 0 aromatic heterocycles. The Morgan fingerprint density at radius 2 is 1.72 bits per heavy atom. The van der Waals surface area contributed by atoms with Crippen molar-refractivity contribution in [2.45, 2.75) is 35.4 Å². The van der Waals surface area contributed by atoms with E-state index in [1.54, 1.807) is 12.1 Å². The van der Waals surface area contributed by atoms with E-state index >= 15 is 0 Å². The number of aryl methyl sites for hydroxylation is 1. The Hall–Kier alpha value is -1.40. The first-order chi connectivity index (χ1) is 11.8. The van der Waals surface area contributed by atoms with Crippen LogP contribution in [0.25, 0.3) is 0 Å². The second-order valence-corrected chi connectivity index (χ2v) is 9.06. The molecule has 2 aromatic carbocycles. The fourth-order valence-electron chi connectivity index (χ4n) is 3.37. The smallest absolute Gasteiger partial charge is 0.183 e. The Kier molecular flexibility index (Phi) is 4.95. The van der Waals surface area contributed by atoms with Gasteiger partial charge in [0.2, 0.25) is 0 Å². The van der Waals surface area contributed by atoms with Crippen LogP contribution in [0.2, 0.25) is 5.02 Å². The van der Waals surface area contributed by atoms with Gasteiger partial charge in [0.25, 0.3) is 0 Å². The number of halogens is 1. The fourth-order valence-corrected chi connectivity index (χ4v) is 5.79. The molecular formula is C19H22ClNO3S. The highest BCUT2D eigenvalue weighted by atomic mass is 35.5. The Morgan fingerprint density at radius 3 is 2.28 bits per heavy atom. The molecule has 0 heterocycles. The SMILES string of the molecule is CCOC[C@]1(N)[C@H](c2ccc(C)cc2)[C@H]1S(=O)(=O)c1ccc(Cl)cc1. The molecule has 0 unspecified atom stereocenters. The predicted molar refractivity (Wildman–Crippen MR) is 99.8 cm³/mol. The molecule has 0 aliphatic heterocycles. The van der Waals surface area contributed by atoms with Crippen molar-refractivity contribution in [2.75, 3.05) is 13.2 Å². The van der Waals surface area contributed by atoms with E-state index in [2.05, 4.69) is 0 Å². The first kappa shape index (κ1) is 18.4. The molecule has 3 atom stereocenters. The number of benzene rings is 2. The summed E-state index contributed by atoms with van der Waals surface area (Å²) in [4.78, 5) is 0.239. The van der Waals surface area contributed by atoms with Crippen LogP contribution in [-0.4, -0.2) is 32.4 Å². The largest absolute Gasteiger partial charge is 0.380 e. The molecule has 4 nitrogen and oxygen atoms in total. The van der Waals surface area contributed by atoms with Gasteiger partial charge in [0.05, 0.1) is 22.3 Å². The summed E-state index contributed by atoms with van der Waals surface area (Å²) in [5, 5.41) is -0.214. The van der Waals surface area contributed by atoms with Crippen LogP contribution in [0.5, 0.6) is 0 Å². The molecule has 6 heteroatoms. The fraction of sp³-hybridized carbons (Fsp3) is 0.368. The van der Waals surface area contributed by atoms with E-state index in [0.29, 0.717) is 11.6 Å². The number of hydrogen-bond acceptors (Lipinski definition) is 4. The number of nitrogens with two attached hydrogens (primary N) is 1. The van der Waals surface area contributed by atoms with E-state index < -0.39 is 20.6 Å². The maximum absolute atomic E-state index is 13.2. The van der Waals surface area contributed by atoms with Crippen LogP contribution in [0.1, 0.15) is 24.0 Å². The van der Waals surface area contributed by atoms with Crippen molar-refractivity contribution in [2.24, 2.45) is 5.73 Å². The predicted octanol–water partition coefficient (Wildman–Crippen LogP) is 3.32. The normalized spacial score (nSPS) is 25.8. The van der Waals surface area contributed by atoms with E-state index in [-0.39, 0.29) is 17.4 Å². The quantitative estimate of drug-likeness (QED) is 0.835. The van der Waals surface area contributed by atoms with Gasteiger partial charge in [-0.1, -0.05) is 41.4 Å². The summed E-state index contributed by atoms with van der Waals surface area (Å²) in [5.41, 5.74) is 7.63. The van der Waals surface area contributed by atoms with E-state index in [9.17, 15) is 8.42 Å². The third-order valence-corrected chi connectivity index (χ3v) is 7.33. The summed E-state index contributed by atoms with van der Waals surface area (Å²) in [6.45, 7) is 4.57. The minimum Gasteiger partial charge on any atom is -0.380 e. The van der Waals surface area contributed by atoms with Gasteiger partial charge in [-0.2, -0.15) is 0 Å². The Balaban J connectivity index is 1.99. The van der Waals surface area contributed by atoms with Crippen molar-refractivity contribution in [3.63, 3.8) is 0 Å². The van der Waals surface area contributed by atoms with Crippen molar-refractivity contribution in [3.05, 3.63) is 64.7 Å². The molecule has 1 saturated carbocycles. The van der Waals surface area contributed by atoms with Crippen LogP contribution in [0.4, 0.5) is 0 Å². The Morgan fingerprint density at radius 1 is 1.12 bits per heavy atom. The van der Waals surface area contributed by atoms with Crippen molar-refractivity contribution in [1.82, 2.24) is 0 Å². The summed E-state index contributed by atoms with van der Waals surface area (Å²) < 4.78 is 31.8. The summed E-state index contributed by atoms with van der Waals surface area (Å²) in [6, 6.07) is 14.1. The van der Waals surface area contributed by atoms with Crippen molar-refractivity contribution in [3.8, 4) is 0 Å². The van der Waals surface area contributed by atoms with Crippen LogP contribution in [0.3, 0.4) is 0 Å². The molecule has 0 saturated heterocycles. The average molecular weight is 380 g/mol. The summed E-state index contributed by atoms with van der Waals surface area (Å²) in [7, 11) is -3.59. The first-order valence-electron chi connectivity index (χ1n) is 8.23. The Bertz CT molecular complexity index is 849. The monoisotopic (exact) mass is 379 g/mol. The lowest BCUT2D eigenvalue weighted by Gasteiger charge is -2.12. The molecule has 0 bridgehead atoms. The molecule has 1 aliphatic carbocycles. The number of hydrogen-bond donors (Lipinski definition) is 1. The highest BCUT2D eigenvalue weighted by Gasteiger charge is 2.69. The van der Waals surface area contributed by atoms with Gasteiger partial charge < -0.3 is 10.5 Å². The van der Waals surface area contributed by atoms with Gasteiger partial charge in [-0.25, -0.2) is 8.42 Å². The zero-order chi connectivity index (χ0) is 18.2. The van der Waals surface area contributed by atoms with E-state index in [4.69, 9.17) is 22.1 Å². The zero-order valence-corrected chi connectivity index (χ0v) is 15.8. The number of sulfone groups is 1. The highest BCUT2D eigenvalue weighted by molar-refractivity contribution is 7.92. The second kappa shape index (κ2) is 6.72. The molecule has 0 radical (unpaired) electrons. The molecule has 1 fully saturated rings. The summed E-state index contributed by atoms with van der Waals surface area (Å²) in [5.74, 6) is -0.291. The van der Waals surface area contributed by atoms with Crippen LogP contribution in [-0.2, 0) is 14.6 Å². The van der Waals surface area contributed by atoms with Crippen LogP contribution in [0.15, 0.2) is 53.4 Å². The van der Waals surface area contributed by atoms with Crippen LogP contribution in [0, 0.1) is 6.92 Å². The van der Waals surface area contributed by atoms with Crippen LogP contribution < -0.4 is 5.73 Å². The van der Waals surface area contributed by atoms with Gasteiger partial charge >= 0.3 is 0 Å². The molecule has 0 amide bonds. The van der Waals surface area contributed by atoms with Crippen molar-refractivity contribution < 1.29 is 13.2 Å². The molecule has 25 heavy (non-hydrogen) atoms. The van der Waals surface area contributed by atoms with Gasteiger partial charge in [0.1, 0.15) is 0 Å². The molecular weight excluding hydrogens is 358 g/mol. The maximum atomic E-state index is 13.2. The van der Waals surface area contributed by atoms with Gasteiger partial charge in [-0.15, -0.1) is 0 Å². The van der Waals surface area contributed by atoms with E-state index in [1.165, 1.54) is 12.1 Å². The lowest BCUT2D eigenvalue weighted by molar-refractivity contribution is 0.125. The number of ether oxygens (including phenoxy) is 1. The zero-order valence-electron chi connectivity index (χ0n) is 14.3. The first-order valence-corrected chi connectivity index (χ1v) is 10.2. The van der Waals surface area contributed by atoms with Crippen molar-refractivity contribution in [1.29, 1.82) is 0 Å². The van der Waals surface area contributed by atoms with Crippen molar-refractivity contribution >= 4 is 21.4 Å². The minimum absolute atomic E-state index is 0.208. The van der Waals surface area contributed by atoms with Crippen LogP contribution >= 0.6 is 11.6 Å². The number of rotatable bonds is 6.